The molecule has 0 saturated heterocycles. The molecule has 0 N–H and O–H groups in total. The molecule has 6 heteroatoms. The maximum atomic E-state index is 11.9. The van der Waals surface area contributed by atoms with E-state index >= 15 is 0 Å². The van der Waals surface area contributed by atoms with Crippen molar-refractivity contribution in [3.8, 4) is 0 Å². The van der Waals surface area contributed by atoms with Crippen LogP contribution in [0.1, 0.15) is 20.3 Å². The van der Waals surface area contributed by atoms with Gasteiger partial charge in [-0.15, -0.1) is 0 Å². The molecule has 0 rings (SSSR count). The second-order valence-corrected chi connectivity index (χ2v) is 3.50. The fraction of sp³-hybridized carbons (Fsp3) is 0.889. The van der Waals surface area contributed by atoms with Gasteiger partial charge in [0.25, 0.3) is 0 Å². The van der Waals surface area contributed by atoms with Gasteiger partial charge in [0, 0.05) is 20.2 Å². The fourth-order valence-corrected chi connectivity index (χ4v) is 0.939. The number of rotatable bonds is 5. The quantitative estimate of drug-likeness (QED) is 0.670. The van der Waals surface area contributed by atoms with E-state index in [0.29, 0.717) is 17.9 Å². The van der Waals surface area contributed by atoms with E-state index < -0.39 is 12.1 Å². The lowest BCUT2D eigenvalue weighted by Crippen LogP contribution is -2.39. The zero-order valence-corrected chi connectivity index (χ0v) is 9.10. The van der Waals surface area contributed by atoms with Crippen molar-refractivity contribution in [2.75, 3.05) is 20.2 Å². The van der Waals surface area contributed by atoms with E-state index in [9.17, 15) is 18.0 Å². The van der Waals surface area contributed by atoms with Crippen LogP contribution in [0.5, 0.6) is 0 Å². The average Bonchev–Trinajstić information content (AvgIpc) is 2.09. The molecule has 0 bridgehead atoms. The van der Waals surface area contributed by atoms with E-state index in [2.05, 4.69) is 0 Å². The average molecular weight is 227 g/mol. The van der Waals surface area contributed by atoms with Crippen molar-refractivity contribution in [1.82, 2.24) is 4.90 Å². The van der Waals surface area contributed by atoms with Crippen LogP contribution < -0.4 is 0 Å². The first kappa shape index (κ1) is 14.2. The number of halogens is 3. The summed E-state index contributed by atoms with van der Waals surface area (Å²) >= 11 is 0. The second-order valence-electron chi connectivity index (χ2n) is 3.50. The molecule has 0 aliphatic carbocycles. The molecule has 0 aliphatic rings. The van der Waals surface area contributed by atoms with Gasteiger partial charge in [0.2, 0.25) is 0 Å². The zero-order valence-electron chi connectivity index (χ0n) is 9.10. The highest BCUT2D eigenvalue weighted by Gasteiger charge is 2.40. The predicted molar refractivity (Wildman–Crippen MR) is 49.4 cm³/mol. The van der Waals surface area contributed by atoms with Gasteiger partial charge in [-0.1, -0.05) is 0 Å². The number of hydrogen-bond acceptors (Lipinski definition) is 2. The van der Waals surface area contributed by atoms with Crippen LogP contribution in [0.2, 0.25) is 0 Å². The molecule has 3 nitrogen and oxygen atoms in total. The molecule has 0 heterocycles. The van der Waals surface area contributed by atoms with Gasteiger partial charge >= 0.3 is 12.1 Å². The van der Waals surface area contributed by atoms with Crippen LogP contribution in [0.3, 0.4) is 0 Å². The Morgan fingerprint density at radius 1 is 1.40 bits per heavy atom. The molecule has 90 valence electrons. The molecular weight excluding hydrogens is 211 g/mol. The van der Waals surface area contributed by atoms with Gasteiger partial charge in [-0.05, 0) is 20.3 Å². The highest BCUT2D eigenvalue weighted by molar-refractivity contribution is 5.81. The lowest BCUT2D eigenvalue weighted by Gasteiger charge is -2.18. The zero-order chi connectivity index (χ0) is 12.1. The smallest absolute Gasteiger partial charge is 0.379 e. The molecule has 0 aromatic carbocycles. The summed E-state index contributed by atoms with van der Waals surface area (Å²) in [6, 6.07) is 0. The fourth-order valence-electron chi connectivity index (χ4n) is 0.939. The van der Waals surface area contributed by atoms with Crippen LogP contribution in [-0.4, -0.2) is 43.3 Å². The molecule has 0 saturated carbocycles. The minimum absolute atomic E-state index is 0.0467. The summed E-state index contributed by atoms with van der Waals surface area (Å²) in [6.45, 7) is 4.08. The van der Waals surface area contributed by atoms with E-state index in [0.717, 1.165) is 7.05 Å². The summed E-state index contributed by atoms with van der Waals surface area (Å²) < 4.78 is 40.9. The standard InChI is InChI=1S/C9H16F3NO2/c1-7(2)15-6-4-5-13(3)8(14)9(10,11)12/h7H,4-6H2,1-3H3. The van der Waals surface area contributed by atoms with Gasteiger partial charge in [0.05, 0.1) is 6.10 Å². The Labute approximate surface area is 87.2 Å². The molecule has 0 fully saturated rings. The SMILES string of the molecule is CC(C)OCCCN(C)C(=O)C(F)(F)F. The van der Waals surface area contributed by atoms with Crippen molar-refractivity contribution >= 4 is 5.91 Å². The van der Waals surface area contributed by atoms with Crippen molar-refractivity contribution in [1.29, 1.82) is 0 Å². The largest absolute Gasteiger partial charge is 0.471 e. The van der Waals surface area contributed by atoms with Gasteiger partial charge in [-0.3, -0.25) is 4.79 Å². The highest BCUT2D eigenvalue weighted by Crippen LogP contribution is 2.17. The number of amides is 1. The third-order valence-electron chi connectivity index (χ3n) is 1.68. The molecule has 0 spiro atoms. The van der Waals surface area contributed by atoms with E-state index in [1.165, 1.54) is 0 Å². The Morgan fingerprint density at radius 2 is 1.93 bits per heavy atom. The first-order chi connectivity index (χ1) is 6.75. The molecule has 0 aromatic heterocycles. The second kappa shape index (κ2) is 5.95. The molecule has 0 atom stereocenters. The number of alkyl halides is 3. The summed E-state index contributed by atoms with van der Waals surface area (Å²) in [5, 5.41) is 0. The maximum absolute atomic E-state index is 11.9. The molecule has 0 radical (unpaired) electrons. The Morgan fingerprint density at radius 3 is 2.33 bits per heavy atom. The van der Waals surface area contributed by atoms with Gasteiger partial charge in [-0.25, -0.2) is 0 Å². The summed E-state index contributed by atoms with van der Waals surface area (Å²) in [5.74, 6) is -1.81. The predicted octanol–water partition coefficient (Wildman–Crippen LogP) is 1.82. The number of nitrogens with zero attached hydrogens (tertiary/aromatic N) is 1. The minimum Gasteiger partial charge on any atom is -0.379 e. The third kappa shape index (κ3) is 6.33. The molecule has 15 heavy (non-hydrogen) atoms. The van der Waals surface area contributed by atoms with Crippen LogP contribution in [0.25, 0.3) is 0 Å². The van der Waals surface area contributed by atoms with Crippen LogP contribution in [0, 0.1) is 0 Å². The van der Waals surface area contributed by atoms with E-state index in [1.807, 2.05) is 13.8 Å². The Bertz CT molecular complexity index is 204. The van der Waals surface area contributed by atoms with Crippen LogP contribution in [-0.2, 0) is 9.53 Å². The summed E-state index contributed by atoms with van der Waals surface area (Å²) in [5.41, 5.74) is 0. The Kier molecular flexibility index (Phi) is 5.64. The van der Waals surface area contributed by atoms with Crippen LogP contribution >= 0.6 is 0 Å². The van der Waals surface area contributed by atoms with Gasteiger partial charge in [0.1, 0.15) is 0 Å². The van der Waals surface area contributed by atoms with E-state index in [1.54, 1.807) is 0 Å². The Hall–Kier alpha value is -0.780. The van der Waals surface area contributed by atoms with Crippen LogP contribution in [0.15, 0.2) is 0 Å². The molecule has 0 aliphatic heterocycles. The summed E-state index contributed by atoms with van der Waals surface area (Å²) in [6.07, 6.45) is -4.34. The van der Waals surface area contributed by atoms with Crippen molar-refractivity contribution in [2.24, 2.45) is 0 Å². The molecule has 0 unspecified atom stereocenters. The number of carbonyl (C=O) groups is 1. The Balaban J connectivity index is 3.75. The van der Waals surface area contributed by atoms with Crippen molar-refractivity contribution in [3.63, 3.8) is 0 Å². The normalized spacial score (nSPS) is 11.9. The van der Waals surface area contributed by atoms with Gasteiger partial charge in [0.15, 0.2) is 0 Å². The molecule has 1 amide bonds. The topological polar surface area (TPSA) is 29.5 Å². The molecular formula is C9H16F3NO2. The lowest BCUT2D eigenvalue weighted by molar-refractivity contribution is -0.184. The van der Waals surface area contributed by atoms with Gasteiger partial charge in [-0.2, -0.15) is 13.2 Å². The van der Waals surface area contributed by atoms with Crippen molar-refractivity contribution in [2.45, 2.75) is 32.5 Å². The van der Waals surface area contributed by atoms with E-state index in [4.69, 9.17) is 4.74 Å². The monoisotopic (exact) mass is 227 g/mol. The summed E-state index contributed by atoms with van der Waals surface area (Å²) in [4.78, 5) is 11.3. The van der Waals surface area contributed by atoms with E-state index in [-0.39, 0.29) is 12.6 Å². The van der Waals surface area contributed by atoms with Crippen molar-refractivity contribution < 1.29 is 22.7 Å². The number of ether oxygens (including phenoxy) is 1. The molecule has 0 aromatic rings. The first-order valence-corrected chi connectivity index (χ1v) is 4.69. The minimum atomic E-state index is -4.78. The van der Waals surface area contributed by atoms with Crippen molar-refractivity contribution in [3.05, 3.63) is 0 Å². The number of carbonyl (C=O) groups excluding carboxylic acids is 1. The number of hydrogen-bond donors (Lipinski definition) is 0. The van der Waals surface area contributed by atoms with Crippen LogP contribution in [0.4, 0.5) is 13.2 Å². The summed E-state index contributed by atoms with van der Waals surface area (Å²) in [7, 11) is 1.13. The van der Waals surface area contributed by atoms with Gasteiger partial charge < -0.3 is 9.64 Å². The highest BCUT2D eigenvalue weighted by atomic mass is 19.4. The maximum Gasteiger partial charge on any atom is 0.471 e. The lowest BCUT2D eigenvalue weighted by atomic mass is 10.4. The third-order valence-corrected chi connectivity index (χ3v) is 1.68. The first-order valence-electron chi connectivity index (χ1n) is 4.69.